The van der Waals surface area contributed by atoms with Crippen LogP contribution in [-0.2, 0) is 13.0 Å². The number of methoxy groups -OCH3 is 1. The number of H-pyrrole nitrogens is 1. The molecule has 0 bridgehead atoms. The lowest BCUT2D eigenvalue weighted by Gasteiger charge is -2.07. The third-order valence-electron chi connectivity index (χ3n) is 3.95. The van der Waals surface area contributed by atoms with Crippen LogP contribution >= 0.6 is 0 Å². The Labute approximate surface area is 131 Å². The number of fused-ring (bicyclic) bond motifs is 1. The molecule has 22 heavy (non-hydrogen) atoms. The zero-order valence-corrected chi connectivity index (χ0v) is 12.9. The van der Waals surface area contributed by atoms with Gasteiger partial charge in [-0.25, -0.2) is 0 Å². The highest BCUT2D eigenvalue weighted by Crippen LogP contribution is 2.17. The summed E-state index contributed by atoms with van der Waals surface area (Å²) < 4.78 is 5.25. The molecule has 114 valence electrons. The number of aryl methyl sites for hydroxylation is 1. The molecule has 0 saturated heterocycles. The number of aromatic nitrogens is 1. The average molecular weight is 294 g/mol. The fraction of sp³-hybridized carbons (Fsp3) is 0.263. The van der Waals surface area contributed by atoms with Gasteiger partial charge in [0.15, 0.2) is 0 Å². The minimum absolute atomic E-state index is 0.910. The molecule has 0 atom stereocenters. The Hall–Kier alpha value is -2.26. The third-order valence-corrected chi connectivity index (χ3v) is 3.95. The molecular formula is C19H22N2O. The van der Waals surface area contributed by atoms with Crippen LogP contribution in [0.1, 0.15) is 17.5 Å². The number of aromatic amines is 1. The van der Waals surface area contributed by atoms with Crippen molar-refractivity contribution in [3.63, 3.8) is 0 Å². The maximum Gasteiger partial charge on any atom is 0.119 e. The summed E-state index contributed by atoms with van der Waals surface area (Å²) in [6, 6.07) is 16.8. The molecular weight excluding hydrogens is 272 g/mol. The van der Waals surface area contributed by atoms with E-state index in [2.05, 4.69) is 46.7 Å². The van der Waals surface area contributed by atoms with E-state index in [9.17, 15) is 0 Å². The van der Waals surface area contributed by atoms with Crippen LogP contribution < -0.4 is 10.1 Å². The molecule has 3 rings (SSSR count). The van der Waals surface area contributed by atoms with Gasteiger partial charge in [-0.1, -0.05) is 24.3 Å². The van der Waals surface area contributed by atoms with Gasteiger partial charge < -0.3 is 15.0 Å². The maximum atomic E-state index is 5.25. The van der Waals surface area contributed by atoms with Crippen molar-refractivity contribution in [1.82, 2.24) is 10.3 Å². The molecule has 1 aromatic heterocycles. The number of nitrogens with one attached hydrogen (secondary N) is 2. The number of benzene rings is 2. The molecule has 0 aliphatic carbocycles. The van der Waals surface area contributed by atoms with Crippen LogP contribution in [0, 0.1) is 0 Å². The smallest absolute Gasteiger partial charge is 0.119 e. The minimum atomic E-state index is 0.910. The second-order valence-corrected chi connectivity index (χ2v) is 5.49. The molecule has 0 amide bonds. The summed E-state index contributed by atoms with van der Waals surface area (Å²) in [7, 11) is 1.71. The molecule has 0 unspecified atom stereocenters. The molecule has 2 N–H and O–H groups in total. The molecule has 0 saturated carbocycles. The lowest BCUT2D eigenvalue weighted by molar-refractivity contribution is 0.414. The van der Waals surface area contributed by atoms with Crippen LogP contribution in [0.2, 0.25) is 0 Å². The minimum Gasteiger partial charge on any atom is -0.497 e. The summed E-state index contributed by atoms with van der Waals surface area (Å²) in [6.07, 6.45) is 4.19. The Kier molecular flexibility index (Phi) is 4.76. The van der Waals surface area contributed by atoms with Gasteiger partial charge in [0.05, 0.1) is 7.11 Å². The summed E-state index contributed by atoms with van der Waals surface area (Å²) in [4.78, 5) is 3.25. The number of ether oxygens (including phenoxy) is 1. The molecule has 0 fully saturated rings. The topological polar surface area (TPSA) is 37.0 Å². The second-order valence-electron chi connectivity index (χ2n) is 5.49. The Morgan fingerprint density at radius 2 is 2.00 bits per heavy atom. The normalized spacial score (nSPS) is 11.0. The Morgan fingerprint density at radius 3 is 2.91 bits per heavy atom. The number of hydrogen-bond acceptors (Lipinski definition) is 2. The van der Waals surface area contributed by atoms with Crippen molar-refractivity contribution in [3.8, 4) is 5.75 Å². The summed E-state index contributed by atoms with van der Waals surface area (Å²) >= 11 is 0. The number of rotatable bonds is 7. The highest BCUT2D eigenvalue weighted by atomic mass is 16.5. The zero-order valence-electron chi connectivity index (χ0n) is 12.9. The van der Waals surface area contributed by atoms with Gasteiger partial charge in [-0.05, 0) is 54.8 Å². The zero-order chi connectivity index (χ0) is 15.2. The summed E-state index contributed by atoms with van der Waals surface area (Å²) in [5, 5.41) is 4.85. The van der Waals surface area contributed by atoms with E-state index >= 15 is 0 Å². The first-order valence-electron chi connectivity index (χ1n) is 7.75. The van der Waals surface area contributed by atoms with Crippen LogP contribution in [-0.4, -0.2) is 18.6 Å². The predicted octanol–water partition coefficient (Wildman–Crippen LogP) is 3.90. The molecule has 3 aromatic rings. The lowest BCUT2D eigenvalue weighted by Crippen LogP contribution is -2.15. The van der Waals surface area contributed by atoms with Gasteiger partial charge in [0, 0.05) is 23.6 Å². The first kappa shape index (κ1) is 14.7. The highest BCUT2D eigenvalue weighted by Gasteiger charge is 2.01. The van der Waals surface area contributed by atoms with Crippen molar-refractivity contribution in [2.75, 3.05) is 13.7 Å². The van der Waals surface area contributed by atoms with E-state index in [4.69, 9.17) is 4.74 Å². The van der Waals surface area contributed by atoms with Crippen LogP contribution in [0.5, 0.6) is 5.75 Å². The molecule has 3 heteroatoms. The monoisotopic (exact) mass is 294 g/mol. The van der Waals surface area contributed by atoms with Gasteiger partial charge >= 0.3 is 0 Å². The van der Waals surface area contributed by atoms with Gasteiger partial charge in [-0.15, -0.1) is 0 Å². The molecule has 3 nitrogen and oxygen atoms in total. The maximum absolute atomic E-state index is 5.25. The number of hydrogen-bond donors (Lipinski definition) is 2. The van der Waals surface area contributed by atoms with Crippen LogP contribution in [0.3, 0.4) is 0 Å². The highest BCUT2D eigenvalue weighted by molar-refractivity contribution is 5.82. The molecule has 0 aliphatic heterocycles. The first-order chi connectivity index (χ1) is 10.9. The fourth-order valence-corrected chi connectivity index (χ4v) is 2.77. The SMILES string of the molecule is COc1cccc(CCCNCc2cccc3[nH]ccc23)c1. The van der Waals surface area contributed by atoms with Crippen molar-refractivity contribution < 1.29 is 4.74 Å². The van der Waals surface area contributed by atoms with Crippen molar-refractivity contribution in [1.29, 1.82) is 0 Å². The summed E-state index contributed by atoms with van der Waals surface area (Å²) in [5.41, 5.74) is 3.88. The summed E-state index contributed by atoms with van der Waals surface area (Å²) in [5.74, 6) is 0.935. The van der Waals surface area contributed by atoms with Gasteiger partial charge in [-0.3, -0.25) is 0 Å². The van der Waals surface area contributed by atoms with Crippen molar-refractivity contribution in [2.24, 2.45) is 0 Å². The van der Waals surface area contributed by atoms with E-state index in [-0.39, 0.29) is 0 Å². The largest absolute Gasteiger partial charge is 0.497 e. The Bertz CT molecular complexity index is 733. The quantitative estimate of drug-likeness (QED) is 0.648. The van der Waals surface area contributed by atoms with Crippen molar-refractivity contribution >= 4 is 10.9 Å². The molecule has 0 aliphatic rings. The van der Waals surface area contributed by atoms with Crippen LogP contribution in [0.15, 0.2) is 54.7 Å². The first-order valence-corrected chi connectivity index (χ1v) is 7.75. The van der Waals surface area contributed by atoms with E-state index in [0.29, 0.717) is 0 Å². The molecule has 0 spiro atoms. The van der Waals surface area contributed by atoms with E-state index in [0.717, 1.165) is 31.7 Å². The Balaban J connectivity index is 1.46. The standard InChI is InChI=1S/C19H22N2O/c1-22-17-8-2-5-15(13-17)6-4-11-20-14-16-7-3-9-19-18(16)10-12-21-19/h2-3,5,7-10,12-13,20-21H,4,6,11,14H2,1H3. The van der Waals surface area contributed by atoms with Crippen molar-refractivity contribution in [3.05, 3.63) is 65.9 Å². The predicted molar refractivity (Wildman–Crippen MR) is 91.3 cm³/mol. The van der Waals surface area contributed by atoms with Gasteiger partial charge in [0.1, 0.15) is 5.75 Å². The van der Waals surface area contributed by atoms with Gasteiger partial charge in [0.25, 0.3) is 0 Å². The van der Waals surface area contributed by atoms with Crippen LogP contribution in [0.4, 0.5) is 0 Å². The Morgan fingerprint density at radius 1 is 1.09 bits per heavy atom. The van der Waals surface area contributed by atoms with Gasteiger partial charge in [0.2, 0.25) is 0 Å². The van der Waals surface area contributed by atoms with E-state index in [1.807, 2.05) is 18.3 Å². The lowest BCUT2D eigenvalue weighted by atomic mass is 10.1. The van der Waals surface area contributed by atoms with E-state index in [1.54, 1.807) is 7.11 Å². The third kappa shape index (κ3) is 3.49. The second kappa shape index (κ2) is 7.14. The fourth-order valence-electron chi connectivity index (χ4n) is 2.77. The molecule has 1 heterocycles. The van der Waals surface area contributed by atoms with E-state index < -0.39 is 0 Å². The van der Waals surface area contributed by atoms with Crippen LogP contribution in [0.25, 0.3) is 10.9 Å². The van der Waals surface area contributed by atoms with E-state index in [1.165, 1.54) is 22.0 Å². The average Bonchev–Trinajstić information content (AvgIpc) is 3.04. The van der Waals surface area contributed by atoms with Crippen molar-refractivity contribution in [2.45, 2.75) is 19.4 Å². The van der Waals surface area contributed by atoms with Gasteiger partial charge in [-0.2, -0.15) is 0 Å². The summed E-state index contributed by atoms with van der Waals surface area (Å²) in [6.45, 7) is 1.92. The molecule has 2 aromatic carbocycles. The molecule has 0 radical (unpaired) electrons.